The number of benzene rings is 3. The number of carbonyl (C=O) groups excluding carboxylic acids is 2. The van der Waals surface area contributed by atoms with Gasteiger partial charge in [-0.15, -0.1) is 0 Å². The molecule has 0 unspecified atom stereocenters. The van der Waals surface area contributed by atoms with E-state index in [0.717, 1.165) is 11.1 Å². The molecule has 6 heteroatoms. The minimum Gasteiger partial charge on any atom is -0.375 e. The Morgan fingerprint density at radius 2 is 1.03 bits per heavy atom. The number of carbonyl (C=O) groups is 2. The van der Waals surface area contributed by atoms with Crippen molar-refractivity contribution in [3.63, 3.8) is 0 Å². The zero-order valence-electron chi connectivity index (χ0n) is 18.0. The number of nitrogens with one attached hydrogen (secondary N) is 2. The van der Waals surface area contributed by atoms with Crippen molar-refractivity contribution in [2.24, 2.45) is 0 Å². The smallest absolute Gasteiger partial charge is 0.251 e. The fourth-order valence-corrected chi connectivity index (χ4v) is 3.01. The first-order valence-corrected chi connectivity index (χ1v) is 10.6. The van der Waals surface area contributed by atoms with E-state index >= 15 is 0 Å². The summed E-state index contributed by atoms with van der Waals surface area (Å²) in [5.41, 5.74) is 3.04. The van der Waals surface area contributed by atoms with Crippen LogP contribution in [0.2, 0.25) is 0 Å². The molecular weight excluding hydrogens is 404 g/mol. The van der Waals surface area contributed by atoms with Crippen LogP contribution in [-0.2, 0) is 22.7 Å². The average Bonchev–Trinajstić information content (AvgIpc) is 2.84. The second kappa shape index (κ2) is 13.0. The topological polar surface area (TPSA) is 76.7 Å². The molecule has 0 atom stereocenters. The number of hydrogen-bond acceptors (Lipinski definition) is 4. The Bertz CT molecular complexity index is 901. The number of rotatable bonds is 12. The normalized spacial score (nSPS) is 10.5. The van der Waals surface area contributed by atoms with Gasteiger partial charge in [0.1, 0.15) is 0 Å². The van der Waals surface area contributed by atoms with Gasteiger partial charge in [0.25, 0.3) is 11.8 Å². The summed E-state index contributed by atoms with van der Waals surface area (Å²) >= 11 is 0. The number of hydrogen-bond donors (Lipinski definition) is 2. The quantitative estimate of drug-likeness (QED) is 0.429. The van der Waals surface area contributed by atoms with Gasteiger partial charge in [0, 0.05) is 24.2 Å². The van der Waals surface area contributed by atoms with Crippen molar-refractivity contribution in [3.8, 4) is 0 Å². The molecule has 2 amide bonds. The average molecular weight is 433 g/mol. The van der Waals surface area contributed by atoms with Crippen molar-refractivity contribution < 1.29 is 19.1 Å². The molecule has 6 nitrogen and oxygen atoms in total. The van der Waals surface area contributed by atoms with Gasteiger partial charge < -0.3 is 20.1 Å². The Balaban J connectivity index is 1.34. The molecule has 0 aliphatic heterocycles. The summed E-state index contributed by atoms with van der Waals surface area (Å²) in [6.45, 7) is 2.60. The van der Waals surface area contributed by atoms with Crippen LogP contribution in [0.4, 0.5) is 0 Å². The molecule has 2 N–H and O–H groups in total. The molecule has 0 aliphatic rings. The first-order chi connectivity index (χ1) is 15.7. The largest absolute Gasteiger partial charge is 0.375 e. The van der Waals surface area contributed by atoms with Gasteiger partial charge in [-0.2, -0.15) is 0 Å². The maximum atomic E-state index is 12.4. The molecule has 3 aromatic rings. The lowest BCUT2D eigenvalue weighted by Crippen LogP contribution is -2.29. The maximum absolute atomic E-state index is 12.4. The first kappa shape index (κ1) is 23.2. The summed E-state index contributed by atoms with van der Waals surface area (Å²) in [5.74, 6) is -0.483. The van der Waals surface area contributed by atoms with Crippen LogP contribution in [0.15, 0.2) is 84.9 Å². The molecule has 0 heterocycles. The minimum absolute atomic E-state index is 0.242. The highest BCUT2D eigenvalue weighted by molar-refractivity contribution is 5.99. The third kappa shape index (κ3) is 7.98. The molecule has 0 saturated carbocycles. The van der Waals surface area contributed by atoms with Crippen molar-refractivity contribution in [1.82, 2.24) is 10.6 Å². The summed E-state index contributed by atoms with van der Waals surface area (Å²) in [5, 5.41) is 5.62. The summed E-state index contributed by atoms with van der Waals surface area (Å²) < 4.78 is 11.1. The van der Waals surface area contributed by atoms with Crippen molar-refractivity contribution >= 4 is 11.8 Å². The van der Waals surface area contributed by atoms with Crippen LogP contribution in [-0.4, -0.2) is 38.1 Å². The van der Waals surface area contributed by atoms with Crippen LogP contribution in [0.1, 0.15) is 31.8 Å². The molecular formula is C26H28N2O4. The van der Waals surface area contributed by atoms with Crippen LogP contribution in [0.25, 0.3) is 0 Å². The molecule has 0 fully saturated rings. The second-order valence-electron chi connectivity index (χ2n) is 7.17. The van der Waals surface area contributed by atoms with Gasteiger partial charge in [0.2, 0.25) is 0 Å². The molecule has 3 rings (SSSR count). The van der Waals surface area contributed by atoms with Crippen molar-refractivity contribution in [2.45, 2.75) is 13.2 Å². The summed E-state index contributed by atoms with van der Waals surface area (Å²) in [4.78, 5) is 24.7. The van der Waals surface area contributed by atoms with E-state index in [4.69, 9.17) is 9.47 Å². The molecule has 0 bridgehead atoms. The first-order valence-electron chi connectivity index (χ1n) is 10.6. The molecule has 0 spiro atoms. The lowest BCUT2D eigenvalue weighted by Gasteiger charge is -2.09. The molecule has 0 aliphatic carbocycles. The van der Waals surface area contributed by atoms with E-state index in [9.17, 15) is 9.59 Å². The zero-order valence-corrected chi connectivity index (χ0v) is 18.0. The highest BCUT2D eigenvalue weighted by atomic mass is 16.5. The summed E-state index contributed by atoms with van der Waals surface area (Å²) in [7, 11) is 0. The molecule has 32 heavy (non-hydrogen) atoms. The van der Waals surface area contributed by atoms with E-state index in [2.05, 4.69) is 10.6 Å². The van der Waals surface area contributed by atoms with E-state index in [0.29, 0.717) is 50.6 Å². The van der Waals surface area contributed by atoms with E-state index in [1.54, 1.807) is 24.3 Å². The minimum atomic E-state index is -0.242. The van der Waals surface area contributed by atoms with Crippen LogP contribution in [0.5, 0.6) is 0 Å². The highest BCUT2D eigenvalue weighted by Gasteiger charge is 2.10. The Kier molecular flexibility index (Phi) is 9.45. The fourth-order valence-electron chi connectivity index (χ4n) is 3.01. The fraction of sp³-hybridized carbons (Fsp3) is 0.231. The van der Waals surface area contributed by atoms with Crippen LogP contribution < -0.4 is 10.6 Å². The van der Waals surface area contributed by atoms with Gasteiger partial charge in [-0.25, -0.2) is 0 Å². The van der Waals surface area contributed by atoms with Crippen LogP contribution in [0.3, 0.4) is 0 Å². The monoisotopic (exact) mass is 432 g/mol. The zero-order chi connectivity index (χ0) is 22.4. The second-order valence-corrected chi connectivity index (χ2v) is 7.17. The lowest BCUT2D eigenvalue weighted by atomic mass is 10.1. The third-order valence-electron chi connectivity index (χ3n) is 4.67. The lowest BCUT2D eigenvalue weighted by molar-refractivity contribution is 0.0900. The Labute approximate surface area is 188 Å². The van der Waals surface area contributed by atoms with Crippen LogP contribution in [0, 0.1) is 0 Å². The van der Waals surface area contributed by atoms with Crippen molar-refractivity contribution in [1.29, 1.82) is 0 Å². The van der Waals surface area contributed by atoms with Gasteiger partial charge in [-0.1, -0.05) is 66.7 Å². The SMILES string of the molecule is O=C(NCCOCc1ccccc1)c1cccc(C(=O)NCCOCc2ccccc2)c1. The standard InChI is InChI=1S/C26H28N2O4/c29-25(27-14-16-31-19-21-8-3-1-4-9-21)23-12-7-13-24(18-23)26(30)28-15-17-32-20-22-10-5-2-6-11-22/h1-13,18H,14-17,19-20H2,(H,27,29)(H,28,30). The van der Waals surface area contributed by atoms with Crippen molar-refractivity contribution in [2.75, 3.05) is 26.3 Å². The molecule has 0 aromatic heterocycles. The Morgan fingerprint density at radius 3 is 1.47 bits per heavy atom. The number of amides is 2. The van der Waals surface area contributed by atoms with Gasteiger partial charge in [-0.05, 0) is 29.3 Å². The van der Waals surface area contributed by atoms with E-state index in [1.807, 2.05) is 60.7 Å². The molecule has 0 radical (unpaired) electrons. The van der Waals surface area contributed by atoms with Gasteiger partial charge in [-0.3, -0.25) is 9.59 Å². The maximum Gasteiger partial charge on any atom is 0.251 e. The van der Waals surface area contributed by atoms with Gasteiger partial charge >= 0.3 is 0 Å². The van der Waals surface area contributed by atoms with Gasteiger partial charge in [0.15, 0.2) is 0 Å². The van der Waals surface area contributed by atoms with E-state index < -0.39 is 0 Å². The third-order valence-corrected chi connectivity index (χ3v) is 4.67. The van der Waals surface area contributed by atoms with Crippen LogP contribution >= 0.6 is 0 Å². The van der Waals surface area contributed by atoms with Crippen molar-refractivity contribution in [3.05, 3.63) is 107 Å². The number of ether oxygens (including phenoxy) is 2. The van der Waals surface area contributed by atoms with E-state index in [1.165, 1.54) is 0 Å². The highest BCUT2D eigenvalue weighted by Crippen LogP contribution is 2.06. The predicted molar refractivity (Wildman–Crippen MR) is 123 cm³/mol. The van der Waals surface area contributed by atoms with E-state index in [-0.39, 0.29) is 11.8 Å². The summed E-state index contributed by atoms with van der Waals surface area (Å²) in [6.07, 6.45) is 0. The molecule has 0 saturated heterocycles. The Hall–Kier alpha value is -3.48. The summed E-state index contributed by atoms with van der Waals surface area (Å²) in [6, 6.07) is 26.4. The molecule has 3 aromatic carbocycles. The predicted octanol–water partition coefficient (Wildman–Crippen LogP) is 3.58. The molecule has 166 valence electrons. The van der Waals surface area contributed by atoms with Gasteiger partial charge in [0.05, 0.1) is 26.4 Å². The Morgan fingerprint density at radius 1 is 0.594 bits per heavy atom.